The van der Waals surface area contributed by atoms with Gasteiger partial charge in [0.1, 0.15) is 23.0 Å². The van der Waals surface area contributed by atoms with Gasteiger partial charge in [0.2, 0.25) is 5.92 Å². The van der Waals surface area contributed by atoms with Gasteiger partial charge in [0, 0.05) is 76.5 Å². The van der Waals surface area contributed by atoms with Crippen molar-refractivity contribution in [3.05, 3.63) is 47.7 Å². The van der Waals surface area contributed by atoms with Gasteiger partial charge in [0.15, 0.2) is 5.03 Å². The van der Waals surface area contributed by atoms with E-state index in [1.807, 2.05) is 4.90 Å². The number of alkyl halides is 2. The molecule has 2 aliphatic rings. The molecule has 36 heavy (non-hydrogen) atoms. The first-order valence-electron chi connectivity index (χ1n) is 11.4. The molecule has 2 fully saturated rings. The minimum Gasteiger partial charge on any atom is -0.350 e. The van der Waals surface area contributed by atoms with E-state index in [1.165, 1.54) is 21.4 Å². The molecule has 1 N–H and O–H groups in total. The van der Waals surface area contributed by atoms with E-state index in [9.17, 15) is 35.2 Å². The van der Waals surface area contributed by atoms with E-state index >= 15 is 0 Å². The van der Waals surface area contributed by atoms with Gasteiger partial charge in [0.25, 0.3) is 15.9 Å². The molecule has 0 atom stereocenters. The highest BCUT2D eigenvalue weighted by atomic mass is 32.2. The highest BCUT2D eigenvalue weighted by molar-refractivity contribution is 7.89. The van der Waals surface area contributed by atoms with Gasteiger partial charge in [-0.15, -0.1) is 0 Å². The zero-order valence-electron chi connectivity index (χ0n) is 19.5. The summed E-state index contributed by atoms with van der Waals surface area (Å²) in [4.78, 5) is 18.3. The number of nitrogens with zero attached hydrogens (tertiary/aromatic N) is 4. The zero-order chi connectivity index (χ0) is 26.3. The molecule has 1 aliphatic heterocycles. The second-order valence-electron chi connectivity index (χ2n) is 9.28. The van der Waals surface area contributed by atoms with Crippen LogP contribution < -0.4 is 5.32 Å². The number of carbonyl (C=O) groups excluding carboxylic acids is 1. The Morgan fingerprint density at radius 1 is 1.03 bits per heavy atom. The molecule has 1 aromatic carbocycles. The number of aromatic nitrogens is 2. The van der Waals surface area contributed by atoms with E-state index in [-0.39, 0.29) is 50.6 Å². The van der Waals surface area contributed by atoms with E-state index in [2.05, 4.69) is 10.3 Å². The van der Waals surface area contributed by atoms with Crippen LogP contribution in [0.3, 0.4) is 0 Å². The summed E-state index contributed by atoms with van der Waals surface area (Å²) in [5.74, 6) is -7.93. The van der Waals surface area contributed by atoms with Crippen molar-refractivity contribution in [3.8, 4) is 0 Å². The third-order valence-corrected chi connectivity index (χ3v) is 8.70. The number of benzene rings is 1. The molecule has 14 heteroatoms. The number of carbonyl (C=O) groups is 1. The van der Waals surface area contributed by atoms with E-state index in [1.54, 1.807) is 7.05 Å². The number of amides is 1. The van der Waals surface area contributed by atoms with E-state index < -0.39 is 63.2 Å². The molecular formula is C22H26F5N5O3S. The van der Waals surface area contributed by atoms with Crippen molar-refractivity contribution >= 4 is 15.9 Å². The lowest BCUT2D eigenvalue weighted by molar-refractivity contribution is -0.0856. The fraction of sp³-hybridized carbons (Fsp3) is 0.545. The highest BCUT2D eigenvalue weighted by Gasteiger charge is 2.48. The van der Waals surface area contributed by atoms with Gasteiger partial charge >= 0.3 is 0 Å². The average Bonchev–Trinajstić information content (AvgIpc) is 3.25. The Morgan fingerprint density at radius 2 is 1.61 bits per heavy atom. The molecule has 0 radical (unpaired) electrons. The minimum absolute atomic E-state index is 0.0122. The topological polar surface area (TPSA) is 87.5 Å². The number of piperazine rings is 1. The molecule has 1 saturated heterocycles. The molecule has 1 aliphatic carbocycles. The summed E-state index contributed by atoms with van der Waals surface area (Å²) >= 11 is 0. The number of halogens is 5. The van der Waals surface area contributed by atoms with Gasteiger partial charge in [-0.05, 0) is 12.8 Å². The summed E-state index contributed by atoms with van der Waals surface area (Å²) in [5.41, 5.74) is -1.93. The lowest BCUT2D eigenvalue weighted by Crippen LogP contribution is -2.63. The lowest BCUT2D eigenvalue weighted by Gasteiger charge is -2.50. The molecule has 0 bridgehead atoms. The summed E-state index contributed by atoms with van der Waals surface area (Å²) in [6.07, 6.45) is 1.83. The average molecular weight is 536 g/mol. The van der Waals surface area contributed by atoms with Crippen molar-refractivity contribution in [1.29, 1.82) is 0 Å². The largest absolute Gasteiger partial charge is 0.350 e. The maximum Gasteiger partial charge on any atom is 0.262 e. The van der Waals surface area contributed by atoms with Crippen LogP contribution >= 0.6 is 0 Å². The summed E-state index contributed by atoms with van der Waals surface area (Å²) in [7, 11) is -2.19. The molecule has 2 aromatic rings. The molecule has 4 rings (SSSR count). The van der Waals surface area contributed by atoms with Crippen LogP contribution in [-0.2, 0) is 17.1 Å². The number of rotatable bonds is 6. The van der Waals surface area contributed by atoms with Crippen LogP contribution in [0, 0.1) is 17.5 Å². The molecule has 8 nitrogen and oxygen atoms in total. The highest BCUT2D eigenvalue weighted by Crippen LogP contribution is 2.42. The quantitative estimate of drug-likeness (QED) is 0.575. The summed E-state index contributed by atoms with van der Waals surface area (Å²) in [5, 5.41) is 2.34. The molecule has 2 heterocycles. The fourth-order valence-corrected chi connectivity index (χ4v) is 6.22. The number of imidazole rings is 1. The molecular weight excluding hydrogens is 509 g/mol. The number of sulfonamides is 1. The van der Waals surface area contributed by atoms with Crippen molar-refractivity contribution < 1.29 is 35.2 Å². The second-order valence-corrected chi connectivity index (χ2v) is 11.2. The summed E-state index contributed by atoms with van der Waals surface area (Å²) in [6, 6.07) is 0.770. The molecule has 1 amide bonds. The normalized spacial score (nSPS) is 20.8. The molecule has 0 spiro atoms. The predicted octanol–water partition coefficient (Wildman–Crippen LogP) is 2.52. The number of hydrogen-bond acceptors (Lipinski definition) is 5. The monoisotopic (exact) mass is 535 g/mol. The van der Waals surface area contributed by atoms with E-state index in [0.717, 1.165) is 0 Å². The van der Waals surface area contributed by atoms with Crippen LogP contribution in [0.15, 0.2) is 29.7 Å². The predicted molar refractivity (Wildman–Crippen MR) is 118 cm³/mol. The molecule has 1 aromatic heterocycles. The minimum atomic E-state index is -3.84. The van der Waals surface area contributed by atoms with Crippen molar-refractivity contribution in [2.45, 2.75) is 42.2 Å². The smallest absolute Gasteiger partial charge is 0.262 e. The summed E-state index contributed by atoms with van der Waals surface area (Å²) < 4.78 is 97.9. The van der Waals surface area contributed by atoms with Gasteiger partial charge < -0.3 is 9.88 Å². The summed E-state index contributed by atoms with van der Waals surface area (Å²) in [6.45, 7) is 0.364. The van der Waals surface area contributed by atoms with Gasteiger partial charge in [-0.3, -0.25) is 9.69 Å². The van der Waals surface area contributed by atoms with Crippen molar-refractivity contribution in [2.75, 3.05) is 32.7 Å². The lowest BCUT2D eigenvalue weighted by atomic mass is 9.78. The second kappa shape index (κ2) is 9.71. The third-order valence-electron chi connectivity index (χ3n) is 6.92. The maximum atomic E-state index is 14.1. The Bertz CT molecular complexity index is 1210. The van der Waals surface area contributed by atoms with Crippen LogP contribution in [-0.4, -0.2) is 77.3 Å². The molecule has 198 valence electrons. The SMILES string of the molecule is Cn1cnc(S(=O)(=O)N2CCN(C3(CNC(=O)c4c(F)cc(F)cc4F)CCC(F)(F)CC3)CC2)c1. The first-order valence-corrected chi connectivity index (χ1v) is 12.8. The van der Waals surface area contributed by atoms with Crippen LogP contribution in [0.25, 0.3) is 0 Å². The number of aryl methyl sites for hydroxylation is 1. The van der Waals surface area contributed by atoms with Gasteiger partial charge in [-0.1, -0.05) is 0 Å². The first-order chi connectivity index (χ1) is 16.8. The van der Waals surface area contributed by atoms with Gasteiger partial charge in [-0.2, -0.15) is 4.31 Å². The first kappa shape index (κ1) is 26.5. The Kier molecular flexibility index (Phi) is 7.14. The Labute approximate surface area is 205 Å². The number of hydrogen-bond donors (Lipinski definition) is 1. The van der Waals surface area contributed by atoms with Crippen LogP contribution in [0.5, 0.6) is 0 Å². The van der Waals surface area contributed by atoms with Crippen LogP contribution in [0.4, 0.5) is 22.0 Å². The van der Waals surface area contributed by atoms with Crippen molar-refractivity contribution in [2.24, 2.45) is 7.05 Å². The zero-order valence-corrected chi connectivity index (χ0v) is 20.3. The van der Waals surface area contributed by atoms with Crippen molar-refractivity contribution in [3.63, 3.8) is 0 Å². The molecule has 1 saturated carbocycles. The Morgan fingerprint density at radius 3 is 2.14 bits per heavy atom. The van der Waals surface area contributed by atoms with Crippen molar-refractivity contribution in [1.82, 2.24) is 24.1 Å². The Hall–Kier alpha value is -2.58. The maximum absolute atomic E-state index is 14.1. The van der Waals surface area contributed by atoms with Gasteiger partial charge in [0.05, 0.1) is 6.33 Å². The van der Waals surface area contributed by atoms with Gasteiger partial charge in [-0.25, -0.2) is 35.4 Å². The van der Waals surface area contributed by atoms with E-state index in [0.29, 0.717) is 12.1 Å². The third kappa shape index (κ3) is 5.25. The fourth-order valence-electron chi connectivity index (χ4n) is 4.84. The number of nitrogens with one attached hydrogen (secondary N) is 1. The van der Waals surface area contributed by atoms with E-state index in [4.69, 9.17) is 0 Å². The Balaban J connectivity index is 1.49. The van der Waals surface area contributed by atoms with Crippen LogP contribution in [0.2, 0.25) is 0 Å². The standard InChI is InChI=1S/C22H26F5N5O3S/c1-30-12-18(29-14-30)36(34,35)32-8-6-31(7-9-32)21(2-4-22(26,27)5-3-21)13-28-20(33)19-16(24)10-15(23)11-17(19)25/h10-12,14H,2-9,13H2,1H3,(H,28,33). The molecule has 0 unspecified atom stereocenters. The van der Waals surface area contributed by atoms with Crippen LogP contribution in [0.1, 0.15) is 36.0 Å².